The van der Waals surface area contributed by atoms with Gasteiger partial charge >= 0.3 is 0 Å². The fourth-order valence-electron chi connectivity index (χ4n) is 1.47. The largest absolute Gasteiger partial charge is 0.483 e. The van der Waals surface area contributed by atoms with Gasteiger partial charge < -0.3 is 9.15 Å². The molecule has 20 heavy (non-hydrogen) atoms. The molecular formula is C12H9Br3N2O3. The summed E-state index contributed by atoms with van der Waals surface area (Å²) in [6, 6.07) is 5.31. The highest BCUT2D eigenvalue weighted by atomic mass is 79.9. The van der Waals surface area contributed by atoms with Crippen LogP contribution < -0.4 is 16.0 Å². The third kappa shape index (κ3) is 3.63. The molecule has 1 amide bonds. The number of nitrogens with two attached hydrogens (primary N) is 1. The van der Waals surface area contributed by atoms with E-state index in [1.165, 1.54) is 6.26 Å². The first-order valence-corrected chi connectivity index (χ1v) is 7.75. The predicted octanol–water partition coefficient (Wildman–Crippen LogP) is 3.75. The van der Waals surface area contributed by atoms with Crippen molar-refractivity contribution in [3.63, 3.8) is 0 Å². The SMILES string of the molecule is NNC(=O)c1coc(COc2c(Br)cc(Br)cc2Br)c1. The molecule has 2 aromatic rings. The van der Waals surface area contributed by atoms with Crippen LogP contribution in [0, 0.1) is 0 Å². The molecule has 0 spiro atoms. The van der Waals surface area contributed by atoms with E-state index in [-0.39, 0.29) is 6.61 Å². The second-order valence-electron chi connectivity index (χ2n) is 3.76. The third-order valence-electron chi connectivity index (χ3n) is 2.37. The van der Waals surface area contributed by atoms with Crippen LogP contribution in [0.3, 0.4) is 0 Å². The summed E-state index contributed by atoms with van der Waals surface area (Å²) >= 11 is 10.2. The normalized spacial score (nSPS) is 10.4. The van der Waals surface area contributed by atoms with Gasteiger partial charge in [-0.15, -0.1) is 0 Å². The molecule has 0 fully saturated rings. The maximum atomic E-state index is 11.3. The van der Waals surface area contributed by atoms with E-state index >= 15 is 0 Å². The van der Waals surface area contributed by atoms with Gasteiger partial charge in [0, 0.05) is 4.47 Å². The number of benzene rings is 1. The Kier molecular flexibility index (Phi) is 5.25. The predicted molar refractivity (Wildman–Crippen MR) is 84.2 cm³/mol. The van der Waals surface area contributed by atoms with Crippen LogP contribution in [0.15, 0.2) is 42.3 Å². The zero-order valence-corrected chi connectivity index (χ0v) is 14.7. The average molecular weight is 469 g/mol. The topological polar surface area (TPSA) is 77.5 Å². The molecule has 0 aliphatic heterocycles. The lowest BCUT2D eigenvalue weighted by Gasteiger charge is -2.09. The summed E-state index contributed by atoms with van der Waals surface area (Å²) in [5, 5.41) is 0. The summed E-state index contributed by atoms with van der Waals surface area (Å²) < 4.78 is 13.4. The first-order valence-electron chi connectivity index (χ1n) is 5.37. The number of carbonyl (C=O) groups is 1. The molecule has 0 unspecified atom stereocenters. The summed E-state index contributed by atoms with van der Waals surface area (Å²) in [6.45, 7) is 0.191. The molecule has 3 N–H and O–H groups in total. The molecule has 8 heteroatoms. The fourth-order valence-corrected chi connectivity index (χ4v) is 3.96. The number of hydrazine groups is 1. The molecule has 2 rings (SSSR count). The monoisotopic (exact) mass is 466 g/mol. The number of hydrogen-bond donors (Lipinski definition) is 2. The molecular weight excluding hydrogens is 460 g/mol. The maximum absolute atomic E-state index is 11.3. The highest BCUT2D eigenvalue weighted by Gasteiger charge is 2.12. The highest BCUT2D eigenvalue weighted by Crippen LogP contribution is 2.36. The van der Waals surface area contributed by atoms with Crippen molar-refractivity contribution in [3.05, 3.63) is 49.2 Å². The Morgan fingerprint density at radius 2 is 1.90 bits per heavy atom. The van der Waals surface area contributed by atoms with Crippen LogP contribution in [0.1, 0.15) is 16.1 Å². The van der Waals surface area contributed by atoms with Gasteiger partial charge in [-0.1, -0.05) is 15.9 Å². The van der Waals surface area contributed by atoms with E-state index in [4.69, 9.17) is 15.0 Å². The quantitative estimate of drug-likeness (QED) is 0.407. The number of halogens is 3. The lowest BCUT2D eigenvalue weighted by atomic mass is 10.3. The molecule has 0 radical (unpaired) electrons. The number of nitrogen functional groups attached to an aromatic ring is 1. The van der Waals surface area contributed by atoms with Gasteiger partial charge in [0.1, 0.15) is 24.4 Å². The van der Waals surface area contributed by atoms with Crippen molar-refractivity contribution >= 4 is 53.7 Å². The van der Waals surface area contributed by atoms with E-state index in [9.17, 15) is 4.79 Å². The van der Waals surface area contributed by atoms with E-state index in [1.807, 2.05) is 17.6 Å². The minimum atomic E-state index is -0.411. The van der Waals surface area contributed by atoms with Crippen molar-refractivity contribution in [2.24, 2.45) is 5.84 Å². The zero-order valence-electron chi connectivity index (χ0n) is 9.95. The Bertz CT molecular complexity index is 620. The number of carbonyl (C=O) groups excluding carboxylic acids is 1. The molecule has 1 aromatic heterocycles. The molecule has 0 atom stereocenters. The van der Waals surface area contributed by atoms with Gasteiger partial charge in [-0.05, 0) is 50.1 Å². The number of rotatable bonds is 4. The Morgan fingerprint density at radius 3 is 2.50 bits per heavy atom. The van der Waals surface area contributed by atoms with Crippen molar-refractivity contribution in [2.75, 3.05) is 0 Å². The molecule has 0 aliphatic rings. The Labute approximate surface area is 140 Å². The second-order valence-corrected chi connectivity index (χ2v) is 6.39. The summed E-state index contributed by atoms with van der Waals surface area (Å²) in [6.07, 6.45) is 1.33. The third-order valence-corrected chi connectivity index (χ3v) is 4.00. The first kappa shape index (κ1) is 15.6. The molecule has 0 saturated carbocycles. The number of furan rings is 1. The number of hydrogen-bond acceptors (Lipinski definition) is 4. The van der Waals surface area contributed by atoms with E-state index in [2.05, 4.69) is 47.8 Å². The van der Waals surface area contributed by atoms with Crippen molar-refractivity contribution in [3.8, 4) is 5.75 Å². The van der Waals surface area contributed by atoms with Gasteiger partial charge in [0.25, 0.3) is 5.91 Å². The standard InChI is InChI=1S/C12H9Br3N2O3/c13-7-2-9(14)11(10(15)3-7)20-5-8-1-6(4-19-8)12(18)17-16/h1-4H,5,16H2,(H,17,18). The van der Waals surface area contributed by atoms with Crippen LogP contribution in [0.25, 0.3) is 0 Å². The van der Waals surface area contributed by atoms with Crippen molar-refractivity contribution < 1.29 is 13.9 Å². The van der Waals surface area contributed by atoms with Gasteiger partial charge in [0.15, 0.2) is 0 Å². The summed E-state index contributed by atoms with van der Waals surface area (Å²) in [5.41, 5.74) is 2.38. The Morgan fingerprint density at radius 1 is 1.25 bits per heavy atom. The lowest BCUT2D eigenvalue weighted by Crippen LogP contribution is -2.29. The van der Waals surface area contributed by atoms with Gasteiger partial charge in [-0.25, -0.2) is 5.84 Å². The molecule has 5 nitrogen and oxygen atoms in total. The van der Waals surface area contributed by atoms with Gasteiger partial charge in [-0.2, -0.15) is 0 Å². The van der Waals surface area contributed by atoms with E-state index in [0.717, 1.165) is 13.4 Å². The minimum absolute atomic E-state index is 0.191. The van der Waals surface area contributed by atoms with Gasteiger partial charge in [0.2, 0.25) is 0 Å². The second kappa shape index (κ2) is 6.75. The maximum Gasteiger partial charge on any atom is 0.268 e. The van der Waals surface area contributed by atoms with Crippen molar-refractivity contribution in [1.82, 2.24) is 5.43 Å². The Balaban J connectivity index is 2.09. The lowest BCUT2D eigenvalue weighted by molar-refractivity contribution is 0.0953. The Hall–Kier alpha value is -0.830. The molecule has 106 valence electrons. The first-order chi connectivity index (χ1) is 9.51. The van der Waals surface area contributed by atoms with Gasteiger partial charge in [0.05, 0.1) is 14.5 Å². The summed E-state index contributed by atoms with van der Waals surface area (Å²) in [4.78, 5) is 11.3. The number of ether oxygens (including phenoxy) is 1. The fraction of sp³-hybridized carbons (Fsp3) is 0.0833. The molecule has 1 heterocycles. The average Bonchev–Trinajstić information content (AvgIpc) is 2.85. The minimum Gasteiger partial charge on any atom is -0.483 e. The molecule has 0 saturated heterocycles. The molecule has 1 aromatic carbocycles. The van der Waals surface area contributed by atoms with E-state index < -0.39 is 5.91 Å². The van der Waals surface area contributed by atoms with Gasteiger partial charge in [-0.3, -0.25) is 10.2 Å². The summed E-state index contributed by atoms with van der Waals surface area (Å²) in [7, 11) is 0. The van der Waals surface area contributed by atoms with Crippen LogP contribution in [-0.4, -0.2) is 5.91 Å². The molecule has 0 bridgehead atoms. The van der Waals surface area contributed by atoms with E-state index in [0.29, 0.717) is 17.1 Å². The van der Waals surface area contributed by atoms with Crippen LogP contribution in [0.4, 0.5) is 0 Å². The van der Waals surface area contributed by atoms with Crippen LogP contribution >= 0.6 is 47.8 Å². The highest BCUT2D eigenvalue weighted by molar-refractivity contribution is 9.11. The van der Waals surface area contributed by atoms with Crippen molar-refractivity contribution in [2.45, 2.75) is 6.61 Å². The summed E-state index contributed by atoms with van der Waals surface area (Å²) in [5.74, 6) is 5.80. The van der Waals surface area contributed by atoms with Crippen molar-refractivity contribution in [1.29, 1.82) is 0 Å². The van der Waals surface area contributed by atoms with E-state index in [1.54, 1.807) is 6.07 Å². The smallest absolute Gasteiger partial charge is 0.268 e. The zero-order chi connectivity index (χ0) is 14.7. The van der Waals surface area contributed by atoms with Crippen LogP contribution in [0.5, 0.6) is 5.75 Å². The number of nitrogens with one attached hydrogen (secondary N) is 1. The number of amides is 1. The molecule has 0 aliphatic carbocycles. The van der Waals surface area contributed by atoms with Crippen LogP contribution in [0.2, 0.25) is 0 Å². The van der Waals surface area contributed by atoms with Crippen LogP contribution in [-0.2, 0) is 6.61 Å².